The number of hydrogen-bond acceptors (Lipinski definition) is 3. The molecule has 1 heterocycles. The molecule has 0 saturated carbocycles. The van der Waals surface area contributed by atoms with Gasteiger partial charge in [0.1, 0.15) is 17.6 Å². The maximum Gasteiger partial charge on any atom is 0.137 e. The third-order valence-corrected chi connectivity index (χ3v) is 2.30. The summed E-state index contributed by atoms with van der Waals surface area (Å²) in [6, 6.07) is 7.76. The zero-order chi connectivity index (χ0) is 10.7. The van der Waals surface area contributed by atoms with Gasteiger partial charge in [-0.05, 0) is 5.56 Å². The molecule has 2 rings (SSSR count). The fourth-order valence-corrected chi connectivity index (χ4v) is 1.59. The van der Waals surface area contributed by atoms with Crippen molar-refractivity contribution >= 4 is 17.2 Å². The molecule has 0 aliphatic carbocycles. The highest BCUT2D eigenvalue weighted by Crippen LogP contribution is 2.09. The van der Waals surface area contributed by atoms with Crippen molar-refractivity contribution in [2.24, 2.45) is 5.73 Å². The van der Waals surface area contributed by atoms with Crippen molar-refractivity contribution in [3.05, 3.63) is 48.0 Å². The summed E-state index contributed by atoms with van der Waals surface area (Å²) in [5.41, 5.74) is 7.57. The van der Waals surface area contributed by atoms with Crippen LogP contribution in [0.25, 0.3) is 0 Å². The Morgan fingerprint density at radius 1 is 1.40 bits per heavy atom. The number of aromatic nitrogens is 3. The lowest BCUT2D eigenvalue weighted by Crippen LogP contribution is -2.14. The first-order valence-electron chi connectivity index (χ1n) is 4.47. The molecule has 0 bridgehead atoms. The summed E-state index contributed by atoms with van der Waals surface area (Å²) in [5, 5.41) is 4.03. The van der Waals surface area contributed by atoms with E-state index < -0.39 is 0 Å². The molecule has 0 amide bonds. The van der Waals surface area contributed by atoms with Crippen LogP contribution in [0.3, 0.4) is 0 Å². The van der Waals surface area contributed by atoms with Gasteiger partial charge in [0, 0.05) is 5.56 Å². The molecule has 15 heavy (non-hydrogen) atoms. The molecule has 0 atom stereocenters. The average molecular weight is 218 g/mol. The van der Waals surface area contributed by atoms with Gasteiger partial charge in [-0.3, -0.25) is 0 Å². The molecular weight excluding hydrogens is 208 g/mol. The van der Waals surface area contributed by atoms with E-state index >= 15 is 0 Å². The van der Waals surface area contributed by atoms with Crippen molar-refractivity contribution in [1.82, 2.24) is 14.8 Å². The lowest BCUT2D eigenvalue weighted by molar-refractivity contribution is 0.684. The van der Waals surface area contributed by atoms with Crippen LogP contribution in [0, 0.1) is 0 Å². The van der Waals surface area contributed by atoms with Crippen molar-refractivity contribution in [2.45, 2.75) is 6.54 Å². The van der Waals surface area contributed by atoms with Gasteiger partial charge in [-0.2, -0.15) is 5.10 Å². The van der Waals surface area contributed by atoms with E-state index in [1.807, 2.05) is 24.3 Å². The predicted molar refractivity (Wildman–Crippen MR) is 61.5 cm³/mol. The van der Waals surface area contributed by atoms with Gasteiger partial charge in [0.15, 0.2) is 0 Å². The number of thiocarbonyl (C=S) groups is 1. The second-order valence-corrected chi connectivity index (χ2v) is 3.55. The molecule has 0 aliphatic heterocycles. The van der Waals surface area contributed by atoms with E-state index in [0.29, 0.717) is 11.5 Å². The van der Waals surface area contributed by atoms with E-state index in [1.165, 1.54) is 6.33 Å². The number of rotatable bonds is 3. The van der Waals surface area contributed by atoms with Crippen LogP contribution >= 0.6 is 12.2 Å². The SMILES string of the molecule is NC(=S)c1ccccc1Cn1cncn1. The Morgan fingerprint density at radius 3 is 2.87 bits per heavy atom. The Labute approximate surface area is 92.7 Å². The third-order valence-electron chi connectivity index (χ3n) is 2.08. The molecule has 1 aromatic heterocycles. The van der Waals surface area contributed by atoms with E-state index in [4.69, 9.17) is 18.0 Å². The maximum absolute atomic E-state index is 5.63. The van der Waals surface area contributed by atoms with Crippen LogP contribution in [-0.4, -0.2) is 19.8 Å². The van der Waals surface area contributed by atoms with Gasteiger partial charge in [-0.1, -0.05) is 36.5 Å². The monoisotopic (exact) mass is 218 g/mol. The minimum absolute atomic E-state index is 0.408. The molecule has 2 aromatic rings. The molecule has 0 spiro atoms. The maximum atomic E-state index is 5.63. The smallest absolute Gasteiger partial charge is 0.137 e. The van der Waals surface area contributed by atoms with Gasteiger partial charge in [-0.25, -0.2) is 9.67 Å². The first-order chi connectivity index (χ1) is 7.27. The highest BCUT2D eigenvalue weighted by atomic mass is 32.1. The fraction of sp³-hybridized carbons (Fsp3) is 0.100. The standard InChI is InChI=1S/C10H10N4S/c11-10(15)9-4-2-1-3-8(9)5-14-7-12-6-13-14/h1-4,6-7H,5H2,(H2,11,15). The van der Waals surface area contributed by atoms with Crippen LogP contribution in [0.4, 0.5) is 0 Å². The minimum atomic E-state index is 0.408. The lowest BCUT2D eigenvalue weighted by atomic mass is 10.1. The Balaban J connectivity index is 2.32. The average Bonchev–Trinajstić information content (AvgIpc) is 2.71. The summed E-state index contributed by atoms with van der Waals surface area (Å²) in [6.45, 7) is 0.632. The zero-order valence-electron chi connectivity index (χ0n) is 8.00. The summed E-state index contributed by atoms with van der Waals surface area (Å²) in [6.07, 6.45) is 3.17. The molecule has 0 saturated heterocycles. The van der Waals surface area contributed by atoms with Crippen LogP contribution in [-0.2, 0) is 6.54 Å². The predicted octanol–water partition coefficient (Wildman–Crippen LogP) is 0.961. The summed E-state index contributed by atoms with van der Waals surface area (Å²) >= 11 is 4.98. The molecule has 76 valence electrons. The van der Waals surface area contributed by atoms with Crippen molar-refractivity contribution in [2.75, 3.05) is 0 Å². The van der Waals surface area contributed by atoms with Crippen LogP contribution in [0.2, 0.25) is 0 Å². The van der Waals surface area contributed by atoms with Crippen LogP contribution in [0.1, 0.15) is 11.1 Å². The Morgan fingerprint density at radius 2 is 2.20 bits per heavy atom. The van der Waals surface area contributed by atoms with Crippen LogP contribution < -0.4 is 5.73 Å². The Kier molecular flexibility index (Phi) is 2.73. The van der Waals surface area contributed by atoms with E-state index in [1.54, 1.807) is 11.0 Å². The van der Waals surface area contributed by atoms with E-state index in [9.17, 15) is 0 Å². The van der Waals surface area contributed by atoms with Crippen molar-refractivity contribution in [3.63, 3.8) is 0 Å². The van der Waals surface area contributed by atoms with Gasteiger partial charge >= 0.3 is 0 Å². The van der Waals surface area contributed by atoms with Gasteiger partial charge in [0.2, 0.25) is 0 Å². The summed E-state index contributed by atoms with van der Waals surface area (Å²) in [4.78, 5) is 4.29. The van der Waals surface area contributed by atoms with Gasteiger partial charge in [-0.15, -0.1) is 0 Å². The van der Waals surface area contributed by atoms with Crippen molar-refractivity contribution in [1.29, 1.82) is 0 Å². The van der Waals surface area contributed by atoms with Crippen molar-refractivity contribution in [3.8, 4) is 0 Å². The molecule has 5 heteroatoms. The molecular formula is C10H10N4S. The fourth-order valence-electron chi connectivity index (χ4n) is 1.39. The minimum Gasteiger partial charge on any atom is -0.389 e. The number of hydrogen-bond donors (Lipinski definition) is 1. The van der Waals surface area contributed by atoms with E-state index in [-0.39, 0.29) is 0 Å². The topological polar surface area (TPSA) is 56.7 Å². The van der Waals surface area contributed by atoms with Gasteiger partial charge in [0.25, 0.3) is 0 Å². The number of nitrogens with two attached hydrogens (primary N) is 1. The number of benzene rings is 1. The summed E-state index contributed by atoms with van der Waals surface area (Å²) < 4.78 is 1.73. The molecule has 0 aliphatic rings. The highest BCUT2D eigenvalue weighted by Gasteiger charge is 2.04. The molecule has 0 radical (unpaired) electrons. The lowest BCUT2D eigenvalue weighted by Gasteiger charge is -2.07. The molecule has 4 nitrogen and oxygen atoms in total. The van der Waals surface area contributed by atoms with Crippen molar-refractivity contribution < 1.29 is 0 Å². The second kappa shape index (κ2) is 4.18. The quantitative estimate of drug-likeness (QED) is 0.780. The van der Waals surface area contributed by atoms with E-state index in [0.717, 1.165) is 11.1 Å². The first-order valence-corrected chi connectivity index (χ1v) is 4.88. The normalized spacial score (nSPS) is 10.1. The van der Waals surface area contributed by atoms with Crippen LogP contribution in [0.5, 0.6) is 0 Å². The summed E-state index contributed by atoms with van der Waals surface area (Å²) in [7, 11) is 0. The van der Waals surface area contributed by atoms with Gasteiger partial charge in [0.05, 0.1) is 6.54 Å². The Hall–Kier alpha value is -1.75. The Bertz CT molecular complexity index is 464. The molecule has 0 unspecified atom stereocenters. The molecule has 2 N–H and O–H groups in total. The molecule has 0 fully saturated rings. The van der Waals surface area contributed by atoms with Crippen LogP contribution in [0.15, 0.2) is 36.9 Å². The van der Waals surface area contributed by atoms with E-state index in [2.05, 4.69) is 10.1 Å². The zero-order valence-corrected chi connectivity index (χ0v) is 8.81. The first kappa shape index (κ1) is 9.79. The van der Waals surface area contributed by atoms with Gasteiger partial charge < -0.3 is 5.73 Å². The molecule has 1 aromatic carbocycles. The largest absolute Gasteiger partial charge is 0.389 e. The highest BCUT2D eigenvalue weighted by molar-refractivity contribution is 7.80. The number of nitrogens with zero attached hydrogens (tertiary/aromatic N) is 3. The second-order valence-electron chi connectivity index (χ2n) is 3.11. The third kappa shape index (κ3) is 2.19. The summed E-state index contributed by atoms with van der Waals surface area (Å²) in [5.74, 6) is 0.